The van der Waals surface area contributed by atoms with E-state index >= 15 is 0 Å². The van der Waals surface area contributed by atoms with Gasteiger partial charge in [-0.2, -0.15) is 0 Å². The van der Waals surface area contributed by atoms with Gasteiger partial charge in [-0.05, 0) is 26.2 Å². The van der Waals surface area contributed by atoms with Gasteiger partial charge in [0, 0.05) is 25.7 Å². The topological polar surface area (TPSA) is 87.5 Å². The molecule has 6 nitrogen and oxygen atoms in total. The minimum Gasteiger partial charge on any atom is -0.338 e. The van der Waals surface area contributed by atoms with E-state index in [0.29, 0.717) is 12.5 Å². The average Bonchev–Trinajstić information content (AvgIpc) is 2.32. The van der Waals surface area contributed by atoms with E-state index in [4.69, 9.17) is 5.73 Å². The Hall–Kier alpha value is -0.850. The van der Waals surface area contributed by atoms with Gasteiger partial charge in [-0.25, -0.2) is 4.79 Å². The second-order valence-corrected chi connectivity index (χ2v) is 4.95. The number of rotatable bonds is 3. The second kappa shape index (κ2) is 8.35. The van der Waals surface area contributed by atoms with Crippen LogP contribution in [0.25, 0.3) is 0 Å². The maximum Gasteiger partial charge on any atom is 0.321 e. The summed E-state index contributed by atoms with van der Waals surface area (Å²) in [5, 5.41) is 4.88. The van der Waals surface area contributed by atoms with Crippen LogP contribution in [0.2, 0.25) is 0 Å². The molecule has 1 aliphatic heterocycles. The molecule has 0 aromatic carbocycles. The van der Waals surface area contributed by atoms with Crippen LogP contribution in [0.4, 0.5) is 4.79 Å². The molecule has 0 bridgehead atoms. The number of urea groups is 1. The number of piperidine rings is 1. The van der Waals surface area contributed by atoms with E-state index in [0.717, 1.165) is 19.5 Å². The number of nitrogens with two attached hydrogens (primary N) is 1. The molecule has 0 radical (unpaired) electrons. The summed E-state index contributed by atoms with van der Waals surface area (Å²) in [6.45, 7) is 7.81. The van der Waals surface area contributed by atoms with Crippen LogP contribution >= 0.6 is 12.4 Å². The predicted molar refractivity (Wildman–Crippen MR) is 77.3 cm³/mol. The van der Waals surface area contributed by atoms with E-state index in [2.05, 4.69) is 22.5 Å². The number of carbonyl (C=O) groups excluding carboxylic acids is 2. The van der Waals surface area contributed by atoms with Crippen LogP contribution < -0.4 is 16.4 Å². The lowest BCUT2D eigenvalue weighted by atomic mass is 9.94. The quantitative estimate of drug-likeness (QED) is 0.699. The maximum atomic E-state index is 11.9. The van der Waals surface area contributed by atoms with Crippen LogP contribution in [0, 0.1) is 5.92 Å². The van der Waals surface area contributed by atoms with Gasteiger partial charge in [0.15, 0.2) is 0 Å². The van der Waals surface area contributed by atoms with Gasteiger partial charge in [0.2, 0.25) is 5.91 Å². The van der Waals surface area contributed by atoms with Crippen molar-refractivity contribution in [3.63, 3.8) is 0 Å². The first-order valence-corrected chi connectivity index (χ1v) is 6.54. The monoisotopic (exact) mass is 292 g/mol. The molecule has 3 amide bonds. The van der Waals surface area contributed by atoms with Crippen LogP contribution in [0.15, 0.2) is 0 Å². The lowest BCUT2D eigenvalue weighted by molar-refractivity contribution is -0.125. The van der Waals surface area contributed by atoms with Gasteiger partial charge in [-0.3, -0.25) is 15.0 Å². The molecule has 112 valence electrons. The van der Waals surface area contributed by atoms with E-state index in [1.807, 2.05) is 6.92 Å². The van der Waals surface area contributed by atoms with E-state index < -0.39 is 6.03 Å². The van der Waals surface area contributed by atoms with E-state index in [9.17, 15) is 9.59 Å². The minimum absolute atomic E-state index is 0. The Morgan fingerprint density at radius 1 is 1.47 bits per heavy atom. The van der Waals surface area contributed by atoms with Crippen LogP contribution in [0.5, 0.6) is 0 Å². The lowest BCUT2D eigenvalue weighted by Gasteiger charge is -2.37. The van der Waals surface area contributed by atoms with Crippen molar-refractivity contribution in [2.75, 3.05) is 19.6 Å². The standard InChI is InChI=1S/C12H24N4O2.ClH/c1-4-14-12(18)15-11(17)9(3)16-6-5-10(13)8(2)7-16;/h8-10H,4-7,13H2,1-3H3,(H2,14,15,17,18);1H. The highest BCUT2D eigenvalue weighted by Crippen LogP contribution is 2.17. The van der Waals surface area contributed by atoms with Gasteiger partial charge in [-0.1, -0.05) is 6.92 Å². The third kappa shape index (κ3) is 5.34. The lowest BCUT2D eigenvalue weighted by Crippen LogP contribution is -2.55. The Kier molecular flexibility index (Phi) is 7.97. The highest BCUT2D eigenvalue weighted by atomic mass is 35.5. The first-order valence-electron chi connectivity index (χ1n) is 6.54. The number of nitrogens with zero attached hydrogens (tertiary/aromatic N) is 1. The molecule has 19 heavy (non-hydrogen) atoms. The minimum atomic E-state index is -0.434. The summed E-state index contributed by atoms with van der Waals surface area (Å²) in [7, 11) is 0. The van der Waals surface area contributed by atoms with E-state index in [1.165, 1.54) is 0 Å². The van der Waals surface area contributed by atoms with Crippen LogP contribution in [-0.4, -0.2) is 48.6 Å². The van der Waals surface area contributed by atoms with Gasteiger partial charge in [0.1, 0.15) is 0 Å². The fraction of sp³-hybridized carbons (Fsp3) is 0.833. The Morgan fingerprint density at radius 2 is 2.11 bits per heavy atom. The van der Waals surface area contributed by atoms with Crippen molar-refractivity contribution in [2.24, 2.45) is 11.7 Å². The number of carbonyl (C=O) groups is 2. The SMILES string of the molecule is CCNC(=O)NC(=O)C(C)N1CCC(N)C(C)C1.Cl. The molecule has 7 heteroatoms. The number of halogens is 1. The van der Waals surface area contributed by atoms with Gasteiger partial charge < -0.3 is 11.1 Å². The highest BCUT2D eigenvalue weighted by molar-refractivity contribution is 5.96. The summed E-state index contributed by atoms with van der Waals surface area (Å²) < 4.78 is 0. The van der Waals surface area contributed by atoms with Crippen molar-refractivity contribution in [3.8, 4) is 0 Å². The number of hydrogen-bond donors (Lipinski definition) is 3. The normalized spacial score (nSPS) is 25.1. The van der Waals surface area contributed by atoms with Crippen LogP contribution in [0.3, 0.4) is 0 Å². The molecular formula is C12H25ClN4O2. The summed E-state index contributed by atoms with van der Waals surface area (Å²) in [6, 6.07) is -0.529. The zero-order chi connectivity index (χ0) is 13.7. The van der Waals surface area contributed by atoms with Gasteiger partial charge in [0.05, 0.1) is 6.04 Å². The second-order valence-electron chi connectivity index (χ2n) is 4.95. The first-order chi connectivity index (χ1) is 8.45. The van der Waals surface area contributed by atoms with Crippen molar-refractivity contribution in [1.29, 1.82) is 0 Å². The smallest absolute Gasteiger partial charge is 0.321 e. The Balaban J connectivity index is 0.00000324. The van der Waals surface area contributed by atoms with Crippen molar-refractivity contribution in [2.45, 2.75) is 39.3 Å². The summed E-state index contributed by atoms with van der Waals surface area (Å²) >= 11 is 0. The molecule has 0 aliphatic carbocycles. The molecule has 1 fully saturated rings. The molecule has 0 aromatic heterocycles. The van der Waals surface area contributed by atoms with Crippen molar-refractivity contribution in [3.05, 3.63) is 0 Å². The molecule has 0 saturated carbocycles. The summed E-state index contributed by atoms with van der Waals surface area (Å²) in [5.74, 6) is 0.113. The van der Waals surface area contributed by atoms with Gasteiger partial charge in [-0.15, -0.1) is 12.4 Å². The number of likely N-dealkylation sites (tertiary alicyclic amines) is 1. The third-order valence-electron chi connectivity index (χ3n) is 3.50. The molecule has 1 heterocycles. The third-order valence-corrected chi connectivity index (χ3v) is 3.50. The highest BCUT2D eigenvalue weighted by Gasteiger charge is 2.29. The fourth-order valence-electron chi connectivity index (χ4n) is 2.13. The average molecular weight is 293 g/mol. The first kappa shape index (κ1) is 18.1. The Labute approximate surface area is 120 Å². The molecule has 3 unspecified atom stereocenters. The Bertz CT molecular complexity index is 314. The van der Waals surface area contributed by atoms with E-state index in [1.54, 1.807) is 6.92 Å². The number of imide groups is 1. The molecule has 0 spiro atoms. The van der Waals surface area contributed by atoms with Crippen LogP contribution in [-0.2, 0) is 4.79 Å². The van der Waals surface area contributed by atoms with E-state index in [-0.39, 0.29) is 30.4 Å². The summed E-state index contributed by atoms with van der Waals surface area (Å²) in [6.07, 6.45) is 0.889. The molecule has 1 aliphatic rings. The van der Waals surface area contributed by atoms with Crippen LogP contribution in [0.1, 0.15) is 27.2 Å². The Morgan fingerprint density at radius 3 is 2.63 bits per heavy atom. The largest absolute Gasteiger partial charge is 0.338 e. The van der Waals surface area contributed by atoms with Gasteiger partial charge in [0.25, 0.3) is 0 Å². The maximum absolute atomic E-state index is 11.9. The van der Waals surface area contributed by atoms with Gasteiger partial charge >= 0.3 is 6.03 Å². The zero-order valence-corrected chi connectivity index (χ0v) is 12.6. The number of hydrogen-bond acceptors (Lipinski definition) is 4. The van der Waals surface area contributed by atoms with Crippen molar-refractivity contribution >= 4 is 24.3 Å². The number of nitrogens with one attached hydrogen (secondary N) is 2. The predicted octanol–water partition coefficient (Wildman–Crippen LogP) is 0.312. The zero-order valence-electron chi connectivity index (χ0n) is 11.8. The summed E-state index contributed by atoms with van der Waals surface area (Å²) in [4.78, 5) is 25.2. The number of amides is 3. The molecule has 1 rings (SSSR count). The summed E-state index contributed by atoms with van der Waals surface area (Å²) in [5.41, 5.74) is 5.95. The molecule has 1 saturated heterocycles. The van der Waals surface area contributed by atoms with Crippen molar-refractivity contribution < 1.29 is 9.59 Å². The molecule has 3 atom stereocenters. The fourth-order valence-corrected chi connectivity index (χ4v) is 2.13. The molecule has 4 N–H and O–H groups in total. The molecular weight excluding hydrogens is 268 g/mol. The molecule has 0 aromatic rings. The van der Waals surface area contributed by atoms with Crippen molar-refractivity contribution in [1.82, 2.24) is 15.5 Å².